The molecule has 3 rings (SSSR count). The average Bonchev–Trinajstić information content (AvgIpc) is 2.61. The molecule has 0 N–H and O–H groups in total. The van der Waals surface area contributed by atoms with E-state index in [4.69, 9.17) is 4.74 Å². The zero-order valence-corrected chi connectivity index (χ0v) is 15.5. The molecule has 0 spiro atoms. The molecular weight excluding hydrogens is 355 g/mol. The minimum Gasteiger partial charge on any atom is -0.457 e. The Morgan fingerprint density at radius 2 is 1.70 bits per heavy atom. The second-order valence-electron chi connectivity index (χ2n) is 6.64. The van der Waals surface area contributed by atoms with Crippen LogP contribution in [0.3, 0.4) is 0 Å². The molecule has 1 aliphatic rings. The molecule has 27 heavy (non-hydrogen) atoms. The zero-order valence-electron chi connectivity index (χ0n) is 15.5. The van der Waals surface area contributed by atoms with E-state index in [0.29, 0.717) is 18.0 Å². The minimum absolute atomic E-state index is 0.375. The highest BCUT2D eigenvalue weighted by molar-refractivity contribution is 5.79. The van der Waals surface area contributed by atoms with Gasteiger partial charge in [-0.05, 0) is 53.9 Å². The molecule has 1 heterocycles. The highest BCUT2D eigenvalue weighted by atomic mass is 19.4. The molecule has 0 bridgehead atoms. The van der Waals surface area contributed by atoms with Crippen molar-refractivity contribution in [3.05, 3.63) is 59.2 Å². The number of benzene rings is 2. The van der Waals surface area contributed by atoms with E-state index in [1.807, 2.05) is 37.2 Å². The van der Waals surface area contributed by atoms with Gasteiger partial charge in [0.05, 0.1) is 5.56 Å². The van der Waals surface area contributed by atoms with Crippen LogP contribution in [0.5, 0.6) is 11.5 Å². The first-order chi connectivity index (χ1) is 12.8. The van der Waals surface area contributed by atoms with Gasteiger partial charge in [0.1, 0.15) is 11.5 Å². The van der Waals surface area contributed by atoms with Crippen molar-refractivity contribution < 1.29 is 17.9 Å². The van der Waals surface area contributed by atoms with Gasteiger partial charge in [-0.2, -0.15) is 13.2 Å². The van der Waals surface area contributed by atoms with Crippen LogP contribution in [-0.4, -0.2) is 43.4 Å². The summed E-state index contributed by atoms with van der Waals surface area (Å²) >= 11 is 0. The van der Waals surface area contributed by atoms with Crippen LogP contribution in [0.25, 0.3) is 0 Å². The summed E-state index contributed by atoms with van der Waals surface area (Å²) in [5.74, 6) is 1.89. The lowest BCUT2D eigenvalue weighted by Crippen LogP contribution is -2.43. The van der Waals surface area contributed by atoms with Gasteiger partial charge in [0.25, 0.3) is 0 Å². The van der Waals surface area contributed by atoms with Crippen LogP contribution >= 0.6 is 0 Å². The number of halogens is 3. The van der Waals surface area contributed by atoms with Crippen molar-refractivity contribution in [1.82, 2.24) is 9.80 Å². The van der Waals surface area contributed by atoms with Crippen molar-refractivity contribution in [2.24, 2.45) is 4.99 Å². The first-order valence-electron chi connectivity index (χ1n) is 8.64. The fraction of sp³-hybridized carbons (Fsp3) is 0.350. The third-order valence-electron chi connectivity index (χ3n) is 4.49. The summed E-state index contributed by atoms with van der Waals surface area (Å²) in [5, 5.41) is 0. The van der Waals surface area contributed by atoms with Gasteiger partial charge in [0, 0.05) is 34.2 Å². The van der Waals surface area contributed by atoms with Gasteiger partial charge in [-0.15, -0.1) is 0 Å². The summed E-state index contributed by atoms with van der Waals surface area (Å²) in [6.07, 6.45) is -3.44. The topological polar surface area (TPSA) is 28.1 Å². The minimum atomic E-state index is -4.35. The van der Waals surface area contributed by atoms with Crippen molar-refractivity contribution in [1.29, 1.82) is 0 Å². The maximum Gasteiger partial charge on any atom is 0.416 e. The number of fused-ring (bicyclic) bond motifs is 1. The normalized spacial score (nSPS) is 14.7. The lowest BCUT2D eigenvalue weighted by Gasteiger charge is -2.34. The van der Waals surface area contributed by atoms with Crippen LogP contribution in [0.15, 0.2) is 47.5 Å². The van der Waals surface area contributed by atoms with E-state index in [1.54, 1.807) is 7.05 Å². The molecule has 0 unspecified atom stereocenters. The van der Waals surface area contributed by atoms with Gasteiger partial charge >= 0.3 is 6.18 Å². The SMILES string of the molecule is CN=C(N(C)C)N1CCc2ccc(Oc3ccc(C(F)(F)F)cc3)cc2C1. The Hall–Kier alpha value is -2.70. The summed E-state index contributed by atoms with van der Waals surface area (Å²) in [4.78, 5) is 8.53. The van der Waals surface area contributed by atoms with E-state index in [1.165, 1.54) is 17.7 Å². The Morgan fingerprint density at radius 3 is 2.30 bits per heavy atom. The largest absolute Gasteiger partial charge is 0.457 e. The van der Waals surface area contributed by atoms with Gasteiger partial charge < -0.3 is 14.5 Å². The Balaban J connectivity index is 1.76. The summed E-state index contributed by atoms with van der Waals surface area (Å²) in [5.41, 5.74) is 1.69. The van der Waals surface area contributed by atoms with E-state index in [0.717, 1.165) is 36.6 Å². The molecule has 7 heteroatoms. The highest BCUT2D eigenvalue weighted by Gasteiger charge is 2.30. The quantitative estimate of drug-likeness (QED) is 0.574. The summed E-state index contributed by atoms with van der Waals surface area (Å²) in [6.45, 7) is 1.60. The van der Waals surface area contributed by atoms with Crippen LogP contribution < -0.4 is 4.74 Å². The first-order valence-corrected chi connectivity index (χ1v) is 8.64. The number of hydrogen-bond acceptors (Lipinski definition) is 2. The van der Waals surface area contributed by atoms with Crippen LogP contribution in [0.1, 0.15) is 16.7 Å². The lowest BCUT2D eigenvalue weighted by atomic mass is 9.99. The predicted octanol–water partition coefficient (Wildman–Crippen LogP) is 4.40. The molecule has 0 aliphatic carbocycles. The van der Waals surface area contributed by atoms with Gasteiger partial charge in [-0.25, -0.2) is 0 Å². The molecule has 4 nitrogen and oxygen atoms in total. The highest BCUT2D eigenvalue weighted by Crippen LogP contribution is 2.32. The number of hydrogen-bond donors (Lipinski definition) is 0. The van der Waals surface area contributed by atoms with Crippen LogP contribution in [0.2, 0.25) is 0 Å². The standard InChI is InChI=1S/C20H22F3N3O/c1-24-19(25(2)3)26-11-10-14-4-7-18(12-15(14)13-26)27-17-8-5-16(6-9-17)20(21,22)23/h4-9,12H,10-11,13H2,1-3H3. The number of ether oxygens (including phenoxy) is 1. The maximum absolute atomic E-state index is 12.7. The molecule has 2 aromatic carbocycles. The Labute approximate surface area is 156 Å². The van der Waals surface area contributed by atoms with E-state index in [9.17, 15) is 13.2 Å². The molecule has 0 saturated heterocycles. The fourth-order valence-electron chi connectivity index (χ4n) is 3.24. The zero-order chi connectivity index (χ0) is 19.6. The number of rotatable bonds is 2. The second-order valence-corrected chi connectivity index (χ2v) is 6.64. The van der Waals surface area contributed by atoms with Gasteiger partial charge in [0.2, 0.25) is 0 Å². The van der Waals surface area contributed by atoms with Gasteiger partial charge in [0.15, 0.2) is 5.96 Å². The molecule has 0 saturated carbocycles. The van der Waals surface area contributed by atoms with Crippen molar-refractivity contribution in [3.63, 3.8) is 0 Å². The van der Waals surface area contributed by atoms with Crippen molar-refractivity contribution in [3.8, 4) is 11.5 Å². The average molecular weight is 377 g/mol. The van der Waals surface area contributed by atoms with Crippen molar-refractivity contribution in [2.45, 2.75) is 19.1 Å². The van der Waals surface area contributed by atoms with Crippen molar-refractivity contribution in [2.75, 3.05) is 27.7 Å². The Kier molecular flexibility index (Phi) is 5.30. The molecule has 0 atom stereocenters. The van der Waals surface area contributed by atoms with Crippen LogP contribution in [0, 0.1) is 0 Å². The molecule has 0 fully saturated rings. The summed E-state index contributed by atoms with van der Waals surface area (Å²) in [7, 11) is 5.69. The monoisotopic (exact) mass is 377 g/mol. The molecule has 144 valence electrons. The van der Waals surface area contributed by atoms with E-state index in [-0.39, 0.29) is 0 Å². The van der Waals surface area contributed by atoms with E-state index in [2.05, 4.69) is 9.89 Å². The number of aliphatic imine (C=N–C) groups is 1. The third kappa shape index (κ3) is 4.35. The van der Waals surface area contributed by atoms with Crippen LogP contribution in [-0.2, 0) is 19.1 Å². The van der Waals surface area contributed by atoms with Crippen molar-refractivity contribution >= 4 is 5.96 Å². The Morgan fingerprint density at radius 1 is 1.04 bits per heavy atom. The van der Waals surface area contributed by atoms with E-state index >= 15 is 0 Å². The molecule has 2 aromatic rings. The summed E-state index contributed by atoms with van der Waals surface area (Å²) < 4.78 is 43.7. The predicted molar refractivity (Wildman–Crippen MR) is 99.1 cm³/mol. The molecule has 0 radical (unpaired) electrons. The summed E-state index contributed by atoms with van der Waals surface area (Å²) in [6, 6.07) is 10.5. The number of guanidine groups is 1. The lowest BCUT2D eigenvalue weighted by molar-refractivity contribution is -0.137. The number of nitrogens with zero attached hydrogens (tertiary/aromatic N) is 3. The first kappa shape index (κ1) is 19.1. The number of alkyl halides is 3. The molecule has 1 aliphatic heterocycles. The third-order valence-corrected chi connectivity index (χ3v) is 4.49. The van der Waals surface area contributed by atoms with Gasteiger partial charge in [-0.3, -0.25) is 4.99 Å². The van der Waals surface area contributed by atoms with Gasteiger partial charge in [-0.1, -0.05) is 6.07 Å². The molecule has 0 aromatic heterocycles. The van der Waals surface area contributed by atoms with Crippen LogP contribution in [0.4, 0.5) is 13.2 Å². The molecule has 0 amide bonds. The maximum atomic E-state index is 12.7. The molecular formula is C20H22F3N3O. The second kappa shape index (κ2) is 7.50. The van der Waals surface area contributed by atoms with E-state index < -0.39 is 11.7 Å². The Bertz CT molecular complexity index is 829. The fourth-order valence-corrected chi connectivity index (χ4v) is 3.24. The smallest absolute Gasteiger partial charge is 0.416 e.